The van der Waals surface area contributed by atoms with Crippen LogP contribution in [0.5, 0.6) is 11.5 Å². The molecule has 1 amide bonds. The molecular weight excluding hydrogens is 282 g/mol. The monoisotopic (exact) mass is 295 g/mol. The summed E-state index contributed by atoms with van der Waals surface area (Å²) in [5, 5.41) is 2.85. The second-order valence-corrected chi connectivity index (χ2v) is 4.98. The zero-order valence-corrected chi connectivity index (χ0v) is 11.9. The first kappa shape index (κ1) is 12.8. The quantitative estimate of drug-likeness (QED) is 0.683. The maximum atomic E-state index is 12.4. The van der Waals surface area contributed by atoms with E-state index in [-0.39, 0.29) is 12.7 Å². The molecule has 0 radical (unpaired) electrons. The van der Waals surface area contributed by atoms with Gasteiger partial charge in [0.2, 0.25) is 6.79 Å². The molecule has 2 aliphatic heterocycles. The smallest absolute Gasteiger partial charge is 0.260 e. The van der Waals surface area contributed by atoms with E-state index in [0.717, 1.165) is 11.1 Å². The van der Waals surface area contributed by atoms with Crippen LogP contribution in [0.15, 0.2) is 42.5 Å². The molecule has 22 heavy (non-hydrogen) atoms. The van der Waals surface area contributed by atoms with Crippen LogP contribution >= 0.6 is 0 Å². The van der Waals surface area contributed by atoms with Crippen molar-refractivity contribution in [2.45, 2.75) is 0 Å². The van der Waals surface area contributed by atoms with Crippen LogP contribution in [-0.4, -0.2) is 19.8 Å². The van der Waals surface area contributed by atoms with Crippen molar-refractivity contribution < 1.29 is 19.0 Å². The Hall–Kier alpha value is -2.95. The van der Waals surface area contributed by atoms with Crippen molar-refractivity contribution in [1.29, 1.82) is 0 Å². The Morgan fingerprint density at radius 3 is 2.59 bits per heavy atom. The minimum absolute atomic E-state index is 0.195. The largest absolute Gasteiger partial charge is 0.495 e. The van der Waals surface area contributed by atoms with Crippen LogP contribution in [0.4, 0.5) is 5.69 Å². The molecule has 0 aromatic heterocycles. The molecule has 0 bridgehead atoms. The molecule has 2 aromatic carbocycles. The van der Waals surface area contributed by atoms with Crippen molar-refractivity contribution in [2.24, 2.45) is 0 Å². The molecule has 0 saturated heterocycles. The summed E-state index contributed by atoms with van der Waals surface area (Å²) in [6.07, 6.45) is 0. The van der Waals surface area contributed by atoms with Crippen LogP contribution in [-0.2, 0) is 9.53 Å². The number of methoxy groups -OCH3 is 1. The first-order valence-electron chi connectivity index (χ1n) is 6.87. The number of hydrogen-bond acceptors (Lipinski definition) is 4. The van der Waals surface area contributed by atoms with Gasteiger partial charge in [0, 0.05) is 17.2 Å². The van der Waals surface area contributed by atoms with Crippen LogP contribution in [0.3, 0.4) is 0 Å². The first-order valence-corrected chi connectivity index (χ1v) is 6.87. The van der Waals surface area contributed by atoms with E-state index < -0.39 is 0 Å². The highest BCUT2D eigenvalue weighted by Gasteiger charge is 2.32. The average Bonchev–Trinajstić information content (AvgIpc) is 3.11. The number of anilines is 1. The zero-order chi connectivity index (χ0) is 15.1. The minimum atomic E-state index is -0.195. The van der Waals surface area contributed by atoms with E-state index in [9.17, 15) is 4.79 Å². The lowest BCUT2D eigenvalue weighted by Gasteiger charge is -2.10. The van der Waals surface area contributed by atoms with E-state index in [2.05, 4.69) is 5.32 Å². The van der Waals surface area contributed by atoms with E-state index in [4.69, 9.17) is 14.2 Å². The fraction of sp³-hybridized carbons (Fsp3) is 0.118. The van der Waals surface area contributed by atoms with Gasteiger partial charge in [-0.25, -0.2) is 0 Å². The van der Waals surface area contributed by atoms with E-state index in [1.54, 1.807) is 13.2 Å². The average molecular weight is 295 g/mol. The highest BCUT2D eigenvalue weighted by atomic mass is 16.7. The van der Waals surface area contributed by atoms with Crippen molar-refractivity contribution in [3.8, 4) is 11.5 Å². The summed E-state index contributed by atoms with van der Waals surface area (Å²) >= 11 is 0. The Bertz CT molecular complexity index is 796. The van der Waals surface area contributed by atoms with Crippen LogP contribution in [0.1, 0.15) is 11.1 Å². The van der Waals surface area contributed by atoms with Crippen LogP contribution < -0.4 is 14.8 Å². The van der Waals surface area contributed by atoms with Gasteiger partial charge in [0.05, 0.1) is 18.4 Å². The third-order valence-corrected chi connectivity index (χ3v) is 3.72. The van der Waals surface area contributed by atoms with Crippen molar-refractivity contribution in [1.82, 2.24) is 0 Å². The molecule has 0 unspecified atom stereocenters. The Balaban J connectivity index is 1.93. The van der Waals surface area contributed by atoms with Crippen LogP contribution in [0.25, 0.3) is 11.3 Å². The molecule has 2 aliphatic rings. The lowest BCUT2D eigenvalue weighted by atomic mass is 10.0. The summed E-state index contributed by atoms with van der Waals surface area (Å²) in [5.74, 6) is 1.62. The number of nitrogens with one attached hydrogen (secondary N) is 1. The van der Waals surface area contributed by atoms with Gasteiger partial charge in [-0.2, -0.15) is 0 Å². The van der Waals surface area contributed by atoms with Gasteiger partial charge in [-0.05, 0) is 6.07 Å². The van der Waals surface area contributed by atoms with Gasteiger partial charge in [0.1, 0.15) is 5.76 Å². The van der Waals surface area contributed by atoms with Crippen molar-refractivity contribution in [3.05, 3.63) is 53.6 Å². The Labute approximate surface area is 127 Å². The van der Waals surface area contributed by atoms with E-state index in [1.165, 1.54) is 0 Å². The molecule has 0 aliphatic carbocycles. The fourth-order valence-corrected chi connectivity index (χ4v) is 2.74. The third kappa shape index (κ3) is 1.83. The topological polar surface area (TPSA) is 56.8 Å². The summed E-state index contributed by atoms with van der Waals surface area (Å²) in [4.78, 5) is 12.4. The van der Waals surface area contributed by atoms with Gasteiger partial charge in [0.15, 0.2) is 11.5 Å². The fourth-order valence-electron chi connectivity index (χ4n) is 2.74. The molecule has 0 spiro atoms. The van der Waals surface area contributed by atoms with Gasteiger partial charge in [-0.1, -0.05) is 30.3 Å². The summed E-state index contributed by atoms with van der Waals surface area (Å²) in [7, 11) is 1.56. The van der Waals surface area contributed by atoms with E-state index in [1.807, 2.05) is 36.4 Å². The predicted octanol–water partition coefficient (Wildman–Crippen LogP) is 2.88. The molecule has 0 fully saturated rings. The highest BCUT2D eigenvalue weighted by Crippen LogP contribution is 2.44. The second-order valence-electron chi connectivity index (χ2n) is 4.98. The van der Waals surface area contributed by atoms with Gasteiger partial charge < -0.3 is 19.5 Å². The molecule has 1 N–H and O–H groups in total. The molecule has 0 saturated carbocycles. The highest BCUT2D eigenvalue weighted by molar-refractivity contribution is 6.36. The minimum Gasteiger partial charge on any atom is -0.495 e. The summed E-state index contributed by atoms with van der Waals surface area (Å²) in [6, 6.07) is 13.1. The number of rotatable bonds is 2. The number of fused-ring (bicyclic) bond motifs is 2. The lowest BCUT2D eigenvalue weighted by molar-refractivity contribution is -0.110. The zero-order valence-electron chi connectivity index (χ0n) is 11.9. The lowest BCUT2D eigenvalue weighted by Crippen LogP contribution is -2.06. The number of hydrogen-bond donors (Lipinski definition) is 1. The number of ether oxygens (including phenoxy) is 3. The van der Waals surface area contributed by atoms with Crippen LogP contribution in [0.2, 0.25) is 0 Å². The molecule has 5 nitrogen and oxygen atoms in total. The maximum Gasteiger partial charge on any atom is 0.260 e. The van der Waals surface area contributed by atoms with Gasteiger partial charge in [-0.3, -0.25) is 4.79 Å². The van der Waals surface area contributed by atoms with Crippen LogP contribution in [0, 0.1) is 0 Å². The summed E-state index contributed by atoms with van der Waals surface area (Å²) in [6.45, 7) is 0.195. The summed E-state index contributed by atoms with van der Waals surface area (Å²) < 4.78 is 16.3. The molecule has 4 rings (SSSR count). The summed E-state index contributed by atoms with van der Waals surface area (Å²) in [5.41, 5.74) is 2.81. The van der Waals surface area contributed by atoms with Gasteiger partial charge in [-0.15, -0.1) is 0 Å². The predicted molar refractivity (Wildman–Crippen MR) is 81.5 cm³/mol. The van der Waals surface area contributed by atoms with Crippen molar-refractivity contribution >= 4 is 22.9 Å². The standard InChI is InChI=1S/C17H13NO4/c1-20-16(10-5-3-2-4-6-10)15-11-7-13-14(22-9-21-13)8-12(11)18-17(15)19/h2-8H,9H2,1H3,(H,18,19). The normalized spacial score (nSPS) is 17.0. The number of carbonyl (C=O) groups excluding carboxylic acids is 1. The Morgan fingerprint density at radius 1 is 1.14 bits per heavy atom. The number of amides is 1. The van der Waals surface area contributed by atoms with Crippen molar-refractivity contribution in [3.63, 3.8) is 0 Å². The SMILES string of the molecule is COC(=C1C(=O)Nc2cc3c(cc21)OCO3)c1ccccc1. The second kappa shape index (κ2) is 4.80. The molecule has 2 heterocycles. The molecule has 110 valence electrons. The van der Waals surface area contributed by atoms with E-state index >= 15 is 0 Å². The maximum absolute atomic E-state index is 12.4. The van der Waals surface area contributed by atoms with Crippen molar-refractivity contribution in [2.75, 3.05) is 19.2 Å². The molecule has 0 atom stereocenters. The Morgan fingerprint density at radius 2 is 1.86 bits per heavy atom. The molecule has 2 aromatic rings. The van der Waals surface area contributed by atoms with Gasteiger partial charge in [0.25, 0.3) is 5.91 Å². The molecule has 5 heteroatoms. The number of carbonyl (C=O) groups is 1. The van der Waals surface area contributed by atoms with E-state index in [0.29, 0.717) is 28.5 Å². The Kier molecular flexibility index (Phi) is 2.79. The molecular formula is C17H13NO4. The first-order chi connectivity index (χ1) is 10.8. The number of benzene rings is 2. The third-order valence-electron chi connectivity index (χ3n) is 3.72. The van der Waals surface area contributed by atoms with Gasteiger partial charge >= 0.3 is 0 Å².